The molecule has 7 nitrogen and oxygen atoms in total. The van der Waals surface area contributed by atoms with Crippen molar-refractivity contribution in [1.82, 2.24) is 15.4 Å². The summed E-state index contributed by atoms with van der Waals surface area (Å²) < 4.78 is 10.0. The van der Waals surface area contributed by atoms with Gasteiger partial charge in [-0.05, 0) is 38.5 Å². The summed E-state index contributed by atoms with van der Waals surface area (Å²) in [5, 5.41) is 6.98. The standard InChI is InChI=1S/C18H27N3O4/c1-11(15-12(2)20-25-13(15)3)10-19-17(23)21-7-5-18(6-8-21)9-14(18)16(22)24-4/h11,14H,5-10H2,1-4H3,(H,19,23). The topological polar surface area (TPSA) is 84.7 Å². The summed E-state index contributed by atoms with van der Waals surface area (Å²) in [6.45, 7) is 7.81. The van der Waals surface area contributed by atoms with E-state index < -0.39 is 0 Å². The summed E-state index contributed by atoms with van der Waals surface area (Å²) >= 11 is 0. The highest BCUT2D eigenvalue weighted by atomic mass is 16.5. The van der Waals surface area contributed by atoms with Gasteiger partial charge < -0.3 is 19.5 Å². The van der Waals surface area contributed by atoms with E-state index in [0.29, 0.717) is 19.6 Å². The number of nitrogens with one attached hydrogen (secondary N) is 1. The minimum atomic E-state index is -0.105. The minimum Gasteiger partial charge on any atom is -0.469 e. The fourth-order valence-electron chi connectivity index (χ4n) is 4.18. The zero-order valence-corrected chi connectivity index (χ0v) is 15.4. The number of esters is 1. The maximum absolute atomic E-state index is 12.4. The molecule has 2 atom stereocenters. The van der Waals surface area contributed by atoms with Gasteiger partial charge in [-0.3, -0.25) is 4.79 Å². The Morgan fingerprint density at radius 1 is 1.40 bits per heavy atom. The monoisotopic (exact) mass is 349 g/mol. The van der Waals surface area contributed by atoms with Crippen LogP contribution in [0.25, 0.3) is 0 Å². The Bertz CT molecular complexity index is 642. The molecule has 1 aliphatic heterocycles. The zero-order valence-electron chi connectivity index (χ0n) is 15.4. The van der Waals surface area contributed by atoms with Crippen molar-refractivity contribution >= 4 is 12.0 Å². The van der Waals surface area contributed by atoms with Crippen molar-refractivity contribution in [2.75, 3.05) is 26.7 Å². The van der Waals surface area contributed by atoms with Crippen LogP contribution in [0.3, 0.4) is 0 Å². The normalized spacial score (nSPS) is 22.6. The molecule has 3 rings (SSSR count). The van der Waals surface area contributed by atoms with E-state index in [1.165, 1.54) is 7.11 Å². The van der Waals surface area contributed by atoms with E-state index in [-0.39, 0.29) is 29.3 Å². The fourth-order valence-corrected chi connectivity index (χ4v) is 4.18. The molecule has 7 heteroatoms. The maximum atomic E-state index is 12.4. The van der Waals surface area contributed by atoms with E-state index in [1.54, 1.807) is 0 Å². The molecular formula is C18H27N3O4. The Morgan fingerprint density at radius 3 is 2.64 bits per heavy atom. The molecule has 1 saturated heterocycles. The predicted molar refractivity (Wildman–Crippen MR) is 91.2 cm³/mol. The second kappa shape index (κ2) is 6.69. The number of likely N-dealkylation sites (tertiary alicyclic amines) is 1. The first-order valence-corrected chi connectivity index (χ1v) is 8.91. The van der Waals surface area contributed by atoms with E-state index in [1.807, 2.05) is 18.7 Å². The van der Waals surface area contributed by atoms with Gasteiger partial charge in [0.2, 0.25) is 0 Å². The van der Waals surface area contributed by atoms with Crippen molar-refractivity contribution in [2.45, 2.75) is 46.0 Å². The van der Waals surface area contributed by atoms with Gasteiger partial charge >= 0.3 is 12.0 Å². The molecule has 1 aromatic heterocycles. The van der Waals surface area contributed by atoms with Crippen LogP contribution in [0.2, 0.25) is 0 Å². The minimum absolute atomic E-state index is 0.0299. The smallest absolute Gasteiger partial charge is 0.317 e. The molecule has 1 aromatic rings. The number of piperidine rings is 1. The highest BCUT2D eigenvalue weighted by Crippen LogP contribution is 2.59. The quantitative estimate of drug-likeness (QED) is 0.844. The van der Waals surface area contributed by atoms with Crippen LogP contribution in [-0.2, 0) is 9.53 Å². The van der Waals surface area contributed by atoms with Gasteiger partial charge in [-0.2, -0.15) is 0 Å². The molecule has 2 fully saturated rings. The maximum Gasteiger partial charge on any atom is 0.317 e. The van der Waals surface area contributed by atoms with Gasteiger partial charge in [0.25, 0.3) is 0 Å². The SMILES string of the molecule is COC(=O)C1CC12CCN(C(=O)NCC(C)c1c(C)noc1C)CC2. The zero-order chi connectivity index (χ0) is 18.2. The summed E-state index contributed by atoms with van der Waals surface area (Å²) in [5.74, 6) is 0.883. The van der Waals surface area contributed by atoms with E-state index in [2.05, 4.69) is 17.4 Å². The number of carbonyl (C=O) groups excluding carboxylic acids is 2. The molecule has 2 amide bonds. The number of hydrogen-bond acceptors (Lipinski definition) is 5. The Kier molecular flexibility index (Phi) is 4.75. The number of methoxy groups -OCH3 is 1. The number of amides is 2. The van der Waals surface area contributed by atoms with Crippen LogP contribution in [0.4, 0.5) is 4.79 Å². The largest absolute Gasteiger partial charge is 0.469 e. The van der Waals surface area contributed by atoms with Gasteiger partial charge in [0.15, 0.2) is 0 Å². The van der Waals surface area contributed by atoms with Crippen molar-refractivity contribution < 1.29 is 18.8 Å². The lowest BCUT2D eigenvalue weighted by atomic mass is 9.91. The third kappa shape index (κ3) is 3.37. The number of nitrogens with zero attached hydrogens (tertiary/aromatic N) is 2. The molecule has 1 spiro atoms. The van der Waals surface area contributed by atoms with Gasteiger partial charge in [0, 0.05) is 31.1 Å². The van der Waals surface area contributed by atoms with Crippen LogP contribution in [0.5, 0.6) is 0 Å². The highest BCUT2D eigenvalue weighted by molar-refractivity contribution is 5.77. The van der Waals surface area contributed by atoms with Crippen LogP contribution >= 0.6 is 0 Å². The number of hydrogen-bond donors (Lipinski definition) is 1. The van der Waals surface area contributed by atoms with E-state index in [0.717, 1.165) is 36.3 Å². The molecule has 1 aliphatic carbocycles. The van der Waals surface area contributed by atoms with Gasteiger partial charge in [0.05, 0.1) is 18.7 Å². The summed E-state index contributed by atoms with van der Waals surface area (Å²) in [4.78, 5) is 26.0. The summed E-state index contributed by atoms with van der Waals surface area (Å²) in [7, 11) is 1.44. The number of rotatable bonds is 4. The average molecular weight is 349 g/mol. The molecule has 2 heterocycles. The number of urea groups is 1. The third-order valence-corrected chi connectivity index (χ3v) is 5.86. The molecule has 0 radical (unpaired) electrons. The van der Waals surface area contributed by atoms with Crippen molar-refractivity contribution in [3.05, 3.63) is 17.0 Å². The molecule has 2 unspecified atom stereocenters. The van der Waals surface area contributed by atoms with Crippen LogP contribution in [-0.4, -0.2) is 48.8 Å². The first-order chi connectivity index (χ1) is 11.9. The molecule has 1 N–H and O–H groups in total. The van der Waals surface area contributed by atoms with E-state index in [9.17, 15) is 9.59 Å². The summed E-state index contributed by atoms with van der Waals surface area (Å²) in [5.41, 5.74) is 2.02. The number of aryl methyl sites for hydroxylation is 2. The lowest BCUT2D eigenvalue weighted by molar-refractivity contribution is -0.143. The van der Waals surface area contributed by atoms with Crippen molar-refractivity contribution in [3.63, 3.8) is 0 Å². The first-order valence-electron chi connectivity index (χ1n) is 8.91. The number of aromatic nitrogens is 1. The Labute approximate surface area is 148 Å². The van der Waals surface area contributed by atoms with Gasteiger partial charge in [0.1, 0.15) is 5.76 Å². The second-order valence-corrected chi connectivity index (χ2v) is 7.45. The molecule has 1 saturated carbocycles. The van der Waals surface area contributed by atoms with Gasteiger partial charge in [-0.1, -0.05) is 12.1 Å². The van der Waals surface area contributed by atoms with E-state index in [4.69, 9.17) is 9.26 Å². The first kappa shape index (κ1) is 17.8. The van der Waals surface area contributed by atoms with Gasteiger partial charge in [-0.15, -0.1) is 0 Å². The number of carbonyl (C=O) groups is 2. The number of ether oxygens (including phenoxy) is 1. The van der Waals surface area contributed by atoms with Crippen LogP contribution in [0, 0.1) is 25.2 Å². The fraction of sp³-hybridized carbons (Fsp3) is 0.722. The molecular weight excluding hydrogens is 322 g/mol. The van der Waals surface area contributed by atoms with Crippen molar-refractivity contribution in [1.29, 1.82) is 0 Å². The Balaban J connectivity index is 1.47. The van der Waals surface area contributed by atoms with Crippen molar-refractivity contribution in [2.24, 2.45) is 11.3 Å². The van der Waals surface area contributed by atoms with Crippen LogP contribution in [0.15, 0.2) is 4.52 Å². The van der Waals surface area contributed by atoms with Crippen molar-refractivity contribution in [3.8, 4) is 0 Å². The average Bonchev–Trinajstić information content (AvgIpc) is 3.20. The summed E-state index contributed by atoms with van der Waals surface area (Å²) in [6.07, 6.45) is 2.65. The molecule has 0 bridgehead atoms. The Hall–Kier alpha value is -2.05. The second-order valence-electron chi connectivity index (χ2n) is 7.45. The van der Waals surface area contributed by atoms with Gasteiger partial charge in [-0.25, -0.2) is 4.79 Å². The molecule has 2 aliphatic rings. The third-order valence-electron chi connectivity index (χ3n) is 5.86. The lowest BCUT2D eigenvalue weighted by Gasteiger charge is -2.33. The molecule has 138 valence electrons. The molecule has 25 heavy (non-hydrogen) atoms. The highest BCUT2D eigenvalue weighted by Gasteiger charge is 2.59. The van der Waals surface area contributed by atoms with Crippen LogP contribution in [0.1, 0.15) is 49.1 Å². The lowest BCUT2D eigenvalue weighted by Crippen LogP contribution is -2.46. The predicted octanol–water partition coefficient (Wildman–Crippen LogP) is 2.38. The Morgan fingerprint density at radius 2 is 2.08 bits per heavy atom. The van der Waals surface area contributed by atoms with Crippen LogP contribution < -0.4 is 5.32 Å². The summed E-state index contributed by atoms with van der Waals surface area (Å²) in [6, 6.07) is -0.0382. The molecule has 0 aromatic carbocycles. The van der Waals surface area contributed by atoms with E-state index >= 15 is 0 Å².